The fourth-order valence-electron chi connectivity index (χ4n) is 3.16. The van der Waals surface area contributed by atoms with E-state index in [0.717, 1.165) is 48.4 Å². The molecule has 1 atom stereocenters. The number of hydrogen-bond donors (Lipinski definition) is 2. The van der Waals surface area contributed by atoms with E-state index in [1.807, 2.05) is 6.07 Å². The maximum Gasteiger partial charge on any atom is 0.241 e. The van der Waals surface area contributed by atoms with Crippen LogP contribution in [-0.4, -0.2) is 23.1 Å². The fourth-order valence-corrected chi connectivity index (χ4v) is 5.15. The number of hydrogen-bond acceptors (Lipinski definition) is 5. The normalized spacial score (nSPS) is 17.7. The van der Waals surface area contributed by atoms with E-state index in [-0.39, 0.29) is 4.90 Å². The van der Waals surface area contributed by atoms with Gasteiger partial charge in [-0.3, -0.25) is 0 Å². The smallest absolute Gasteiger partial charge is 0.241 e. The van der Waals surface area contributed by atoms with Crippen LogP contribution in [0.3, 0.4) is 0 Å². The molecular weight excluding hydrogens is 379 g/mol. The lowest BCUT2D eigenvalue weighted by Crippen LogP contribution is -2.31. The molecule has 2 aromatic carbocycles. The molecule has 1 aliphatic carbocycles. The minimum atomic E-state index is -4.01. The molecule has 0 aliphatic heterocycles. The Labute approximate surface area is 152 Å². The zero-order valence-electron chi connectivity index (χ0n) is 14.1. The van der Waals surface area contributed by atoms with Crippen LogP contribution in [-0.2, 0) is 26.3 Å². The highest BCUT2D eigenvalue weighted by Gasteiger charge is 2.27. The second-order valence-electron chi connectivity index (χ2n) is 6.39. The lowest BCUT2D eigenvalue weighted by Gasteiger charge is -2.26. The molecule has 26 heavy (non-hydrogen) atoms. The van der Waals surface area contributed by atoms with E-state index in [2.05, 4.69) is 4.72 Å². The van der Waals surface area contributed by atoms with Crippen LogP contribution in [0, 0.1) is 5.82 Å². The molecule has 1 aliphatic rings. The molecule has 0 aromatic heterocycles. The average molecular weight is 398 g/mol. The summed E-state index contributed by atoms with van der Waals surface area (Å²) >= 11 is 0. The Kier molecular flexibility index (Phi) is 4.80. The predicted molar refractivity (Wildman–Crippen MR) is 96.4 cm³/mol. The standard InChI is InChI=1S/C17H19FN2O4S2/c1-25(21,22)17-8-6-13(10-15(17)18)26(23,24)20-16-4-2-3-11-9-12(19)5-7-14(11)16/h5-10,16,20H,2-4,19H2,1H3. The summed E-state index contributed by atoms with van der Waals surface area (Å²) in [6, 6.07) is 7.68. The number of halogens is 1. The SMILES string of the molecule is CS(=O)(=O)c1ccc(S(=O)(=O)NC2CCCc3cc(N)ccc32)cc1F. The Morgan fingerprint density at radius 3 is 2.50 bits per heavy atom. The van der Waals surface area contributed by atoms with Crippen molar-refractivity contribution in [2.45, 2.75) is 35.1 Å². The third kappa shape index (κ3) is 3.74. The Bertz CT molecular complexity index is 1070. The van der Waals surface area contributed by atoms with E-state index >= 15 is 0 Å². The second kappa shape index (κ2) is 6.64. The van der Waals surface area contributed by atoms with Gasteiger partial charge in [-0.15, -0.1) is 0 Å². The van der Waals surface area contributed by atoms with Crippen molar-refractivity contribution in [2.24, 2.45) is 0 Å². The van der Waals surface area contributed by atoms with Crippen LogP contribution in [0.15, 0.2) is 46.2 Å². The zero-order valence-corrected chi connectivity index (χ0v) is 15.7. The lowest BCUT2D eigenvalue weighted by atomic mass is 9.88. The zero-order chi connectivity index (χ0) is 19.1. The summed E-state index contributed by atoms with van der Waals surface area (Å²) < 4.78 is 64.9. The molecule has 0 bridgehead atoms. The number of rotatable bonds is 4. The van der Waals surface area contributed by atoms with Crippen molar-refractivity contribution in [3.8, 4) is 0 Å². The highest BCUT2D eigenvalue weighted by atomic mass is 32.2. The molecule has 9 heteroatoms. The number of nitrogens with two attached hydrogens (primary N) is 1. The van der Waals surface area contributed by atoms with Crippen LogP contribution in [0.4, 0.5) is 10.1 Å². The van der Waals surface area contributed by atoms with Gasteiger partial charge in [-0.1, -0.05) is 6.07 Å². The van der Waals surface area contributed by atoms with Gasteiger partial charge in [0.25, 0.3) is 0 Å². The number of fused-ring (bicyclic) bond motifs is 1. The molecule has 140 valence electrons. The molecule has 2 aromatic rings. The number of benzene rings is 2. The third-order valence-electron chi connectivity index (χ3n) is 4.39. The van der Waals surface area contributed by atoms with E-state index in [0.29, 0.717) is 12.1 Å². The van der Waals surface area contributed by atoms with Gasteiger partial charge in [-0.05, 0) is 60.7 Å². The van der Waals surface area contributed by atoms with Gasteiger partial charge < -0.3 is 5.73 Å². The van der Waals surface area contributed by atoms with Crippen LogP contribution in [0.25, 0.3) is 0 Å². The van der Waals surface area contributed by atoms with Crippen molar-refractivity contribution in [2.75, 3.05) is 12.0 Å². The van der Waals surface area contributed by atoms with Crippen LogP contribution < -0.4 is 10.5 Å². The number of aryl methyl sites for hydroxylation is 1. The third-order valence-corrected chi connectivity index (χ3v) is 6.99. The molecule has 0 radical (unpaired) electrons. The molecule has 6 nitrogen and oxygen atoms in total. The largest absolute Gasteiger partial charge is 0.399 e. The first-order valence-electron chi connectivity index (χ1n) is 7.98. The Morgan fingerprint density at radius 1 is 1.12 bits per heavy atom. The molecule has 0 saturated carbocycles. The number of anilines is 1. The molecular formula is C17H19FN2O4S2. The van der Waals surface area contributed by atoms with Crippen molar-refractivity contribution < 1.29 is 21.2 Å². The molecule has 0 saturated heterocycles. The van der Waals surface area contributed by atoms with Crippen LogP contribution in [0.5, 0.6) is 0 Å². The van der Waals surface area contributed by atoms with Crippen molar-refractivity contribution in [3.05, 3.63) is 53.3 Å². The second-order valence-corrected chi connectivity index (χ2v) is 10.1. The van der Waals surface area contributed by atoms with Gasteiger partial charge in [0.2, 0.25) is 10.0 Å². The highest BCUT2D eigenvalue weighted by molar-refractivity contribution is 7.90. The predicted octanol–water partition coefficient (Wildman–Crippen LogP) is 2.17. The van der Waals surface area contributed by atoms with Gasteiger partial charge >= 0.3 is 0 Å². The lowest BCUT2D eigenvalue weighted by molar-refractivity contribution is 0.506. The van der Waals surface area contributed by atoms with E-state index < -0.39 is 36.6 Å². The summed E-state index contributed by atoms with van der Waals surface area (Å²) in [7, 11) is -7.78. The number of sulfonamides is 1. The Hall–Kier alpha value is -1.97. The summed E-state index contributed by atoms with van der Waals surface area (Å²) in [6.45, 7) is 0. The maximum absolute atomic E-state index is 14.1. The molecule has 0 fully saturated rings. The van der Waals surface area contributed by atoms with Gasteiger partial charge in [0, 0.05) is 18.0 Å². The fraction of sp³-hybridized carbons (Fsp3) is 0.294. The monoisotopic (exact) mass is 398 g/mol. The quantitative estimate of drug-likeness (QED) is 0.768. The number of nitrogens with one attached hydrogen (secondary N) is 1. The van der Waals surface area contributed by atoms with E-state index in [4.69, 9.17) is 5.73 Å². The molecule has 0 amide bonds. The summed E-state index contributed by atoms with van der Waals surface area (Å²) in [5, 5.41) is 0. The van der Waals surface area contributed by atoms with Gasteiger partial charge in [-0.25, -0.2) is 25.9 Å². The van der Waals surface area contributed by atoms with Gasteiger partial charge in [-0.2, -0.15) is 0 Å². The minimum absolute atomic E-state index is 0.315. The summed E-state index contributed by atoms with van der Waals surface area (Å²) in [5.74, 6) is -1.09. The van der Waals surface area contributed by atoms with E-state index in [9.17, 15) is 21.2 Å². The summed E-state index contributed by atoms with van der Waals surface area (Å²) in [5.41, 5.74) is 8.24. The van der Waals surface area contributed by atoms with Crippen molar-refractivity contribution >= 4 is 25.5 Å². The van der Waals surface area contributed by atoms with Crippen LogP contribution in [0.1, 0.15) is 30.0 Å². The molecule has 1 unspecified atom stereocenters. The van der Waals surface area contributed by atoms with Crippen LogP contribution in [0.2, 0.25) is 0 Å². The first-order valence-corrected chi connectivity index (χ1v) is 11.4. The molecule has 0 spiro atoms. The van der Waals surface area contributed by atoms with Crippen molar-refractivity contribution in [1.82, 2.24) is 4.72 Å². The van der Waals surface area contributed by atoms with Gasteiger partial charge in [0.05, 0.1) is 4.90 Å². The van der Waals surface area contributed by atoms with Crippen molar-refractivity contribution in [3.63, 3.8) is 0 Å². The summed E-state index contributed by atoms with van der Waals surface area (Å²) in [6.07, 6.45) is 3.09. The number of sulfone groups is 1. The molecule has 3 N–H and O–H groups in total. The van der Waals surface area contributed by atoms with E-state index in [1.54, 1.807) is 12.1 Å². The van der Waals surface area contributed by atoms with Gasteiger partial charge in [0.15, 0.2) is 9.84 Å². The minimum Gasteiger partial charge on any atom is -0.399 e. The molecule has 0 heterocycles. The topological polar surface area (TPSA) is 106 Å². The van der Waals surface area contributed by atoms with E-state index in [1.165, 1.54) is 0 Å². The Morgan fingerprint density at radius 2 is 1.85 bits per heavy atom. The highest BCUT2D eigenvalue weighted by Crippen LogP contribution is 2.32. The summed E-state index contributed by atoms with van der Waals surface area (Å²) in [4.78, 5) is -0.847. The first-order chi connectivity index (χ1) is 12.1. The first kappa shape index (κ1) is 18.8. The average Bonchev–Trinajstić information content (AvgIpc) is 2.53. The van der Waals surface area contributed by atoms with Gasteiger partial charge in [0.1, 0.15) is 10.7 Å². The number of nitrogen functional groups attached to an aromatic ring is 1. The Balaban J connectivity index is 1.93. The molecule has 3 rings (SSSR count). The van der Waals surface area contributed by atoms with Crippen molar-refractivity contribution in [1.29, 1.82) is 0 Å². The van der Waals surface area contributed by atoms with Crippen LogP contribution >= 0.6 is 0 Å². The maximum atomic E-state index is 14.1.